The fourth-order valence-corrected chi connectivity index (χ4v) is 2.48. The minimum atomic E-state index is 0.629. The Morgan fingerprint density at radius 1 is 1.30 bits per heavy atom. The molecule has 2 aromatic rings. The molecule has 0 radical (unpaired) electrons. The average Bonchev–Trinajstić information content (AvgIpc) is 3.00. The molecule has 124 valence electrons. The second-order valence-corrected chi connectivity index (χ2v) is 5.51. The number of nitrogens with zero attached hydrogens (tertiary/aromatic N) is 4. The van der Waals surface area contributed by atoms with E-state index in [1.165, 1.54) is 11.8 Å². The second-order valence-electron chi connectivity index (χ2n) is 4.74. The van der Waals surface area contributed by atoms with Gasteiger partial charge in [0.2, 0.25) is 5.16 Å². The molecule has 0 aliphatic carbocycles. The van der Waals surface area contributed by atoms with E-state index in [9.17, 15) is 0 Å². The molecule has 0 saturated heterocycles. The molecule has 0 amide bonds. The fraction of sp³-hybridized carbons (Fsp3) is 0.438. The Hall–Kier alpha value is -2.02. The normalized spacial score (nSPS) is 11.1. The number of ether oxygens (including phenoxy) is 2. The van der Waals surface area contributed by atoms with Crippen LogP contribution in [0.5, 0.6) is 11.5 Å². The lowest BCUT2D eigenvalue weighted by atomic mass is 10.2. The third kappa shape index (κ3) is 4.04. The summed E-state index contributed by atoms with van der Waals surface area (Å²) in [4.78, 5) is 0. The number of aromatic nitrogens is 3. The van der Waals surface area contributed by atoms with Crippen molar-refractivity contribution in [2.24, 2.45) is 5.10 Å². The van der Waals surface area contributed by atoms with E-state index in [4.69, 9.17) is 9.47 Å². The molecule has 0 unspecified atom stereocenters. The lowest BCUT2D eigenvalue weighted by Gasteiger charge is -2.12. The Labute approximate surface area is 140 Å². The third-order valence-electron chi connectivity index (χ3n) is 3.17. The third-order valence-corrected chi connectivity index (χ3v) is 3.79. The maximum Gasteiger partial charge on any atom is 0.211 e. The number of hydrogen-bond donors (Lipinski definition) is 0. The number of aryl methyl sites for hydroxylation is 1. The van der Waals surface area contributed by atoms with Crippen LogP contribution in [-0.4, -0.2) is 41.1 Å². The van der Waals surface area contributed by atoms with Gasteiger partial charge in [0.25, 0.3) is 0 Å². The van der Waals surface area contributed by atoms with Crippen LogP contribution in [0.3, 0.4) is 0 Å². The number of rotatable bonds is 8. The molecule has 0 N–H and O–H groups in total. The van der Waals surface area contributed by atoms with Crippen molar-refractivity contribution in [2.75, 3.05) is 20.0 Å². The monoisotopic (exact) mass is 334 g/mol. The summed E-state index contributed by atoms with van der Waals surface area (Å²) in [5.41, 5.74) is 0.862. The summed E-state index contributed by atoms with van der Waals surface area (Å²) < 4.78 is 13.0. The molecular weight excluding hydrogens is 312 g/mol. The van der Waals surface area contributed by atoms with E-state index in [0.717, 1.165) is 29.4 Å². The first-order valence-corrected chi connectivity index (χ1v) is 8.80. The summed E-state index contributed by atoms with van der Waals surface area (Å²) in [6.07, 6.45) is 5.41. The summed E-state index contributed by atoms with van der Waals surface area (Å²) in [5.74, 6) is 2.23. The van der Waals surface area contributed by atoms with Crippen LogP contribution in [0.15, 0.2) is 28.5 Å². The predicted octanol–water partition coefficient (Wildman–Crippen LogP) is 3.24. The molecule has 1 heterocycles. The van der Waals surface area contributed by atoms with Crippen LogP contribution >= 0.6 is 11.8 Å². The van der Waals surface area contributed by atoms with Gasteiger partial charge in [-0.1, -0.05) is 31.7 Å². The van der Waals surface area contributed by atoms with Crippen LogP contribution in [-0.2, 0) is 6.42 Å². The van der Waals surface area contributed by atoms with Crippen molar-refractivity contribution in [3.05, 3.63) is 29.6 Å². The van der Waals surface area contributed by atoms with Gasteiger partial charge in [0.1, 0.15) is 0 Å². The van der Waals surface area contributed by atoms with Gasteiger partial charge in [-0.05, 0) is 24.8 Å². The molecule has 0 spiro atoms. The zero-order chi connectivity index (χ0) is 16.7. The van der Waals surface area contributed by atoms with Crippen molar-refractivity contribution in [2.45, 2.75) is 31.8 Å². The van der Waals surface area contributed by atoms with E-state index < -0.39 is 0 Å². The predicted molar refractivity (Wildman–Crippen MR) is 93.0 cm³/mol. The molecule has 2 rings (SSSR count). The van der Waals surface area contributed by atoms with Gasteiger partial charge in [-0.25, -0.2) is 0 Å². The number of hydrogen-bond acceptors (Lipinski definition) is 6. The summed E-state index contributed by atoms with van der Waals surface area (Å²) in [5, 5.41) is 13.6. The molecule has 0 saturated carbocycles. The minimum absolute atomic E-state index is 0.629. The van der Waals surface area contributed by atoms with Crippen LogP contribution in [0.25, 0.3) is 0 Å². The highest BCUT2D eigenvalue weighted by Crippen LogP contribution is 2.30. The molecule has 23 heavy (non-hydrogen) atoms. The molecule has 0 atom stereocenters. The molecule has 0 aliphatic rings. The van der Waals surface area contributed by atoms with E-state index in [1.54, 1.807) is 18.0 Å². The van der Waals surface area contributed by atoms with E-state index in [1.807, 2.05) is 31.4 Å². The molecule has 7 heteroatoms. The van der Waals surface area contributed by atoms with Crippen molar-refractivity contribution in [1.29, 1.82) is 0 Å². The Kier molecular flexibility index (Phi) is 6.46. The molecule has 0 fully saturated rings. The summed E-state index contributed by atoms with van der Waals surface area (Å²) >= 11 is 1.51. The first kappa shape index (κ1) is 17.3. The smallest absolute Gasteiger partial charge is 0.211 e. The largest absolute Gasteiger partial charge is 0.493 e. The van der Waals surface area contributed by atoms with Crippen molar-refractivity contribution in [1.82, 2.24) is 14.9 Å². The SMILES string of the molecule is CCCOc1c(/C=N\n2c(CC)nnc2SC)cccc1OC. The van der Waals surface area contributed by atoms with E-state index in [2.05, 4.69) is 22.2 Å². The van der Waals surface area contributed by atoms with Gasteiger partial charge in [-0.3, -0.25) is 0 Å². The van der Waals surface area contributed by atoms with Crippen molar-refractivity contribution >= 4 is 18.0 Å². The van der Waals surface area contributed by atoms with Crippen molar-refractivity contribution in [3.63, 3.8) is 0 Å². The molecule has 0 aliphatic heterocycles. The van der Waals surface area contributed by atoms with Crippen molar-refractivity contribution in [3.8, 4) is 11.5 Å². The minimum Gasteiger partial charge on any atom is -0.493 e. The molecule has 0 bridgehead atoms. The number of methoxy groups -OCH3 is 1. The highest BCUT2D eigenvalue weighted by Gasteiger charge is 2.11. The summed E-state index contributed by atoms with van der Waals surface area (Å²) in [6, 6.07) is 5.75. The van der Waals surface area contributed by atoms with E-state index >= 15 is 0 Å². The van der Waals surface area contributed by atoms with Gasteiger partial charge in [0.15, 0.2) is 17.3 Å². The summed E-state index contributed by atoms with van der Waals surface area (Å²) in [6.45, 7) is 4.73. The van der Waals surface area contributed by atoms with Gasteiger partial charge in [-0.15, -0.1) is 10.2 Å². The lowest BCUT2D eigenvalue weighted by molar-refractivity contribution is 0.294. The van der Waals surface area contributed by atoms with Crippen molar-refractivity contribution < 1.29 is 9.47 Å². The van der Waals surface area contributed by atoms with Gasteiger partial charge < -0.3 is 9.47 Å². The van der Waals surface area contributed by atoms with Gasteiger partial charge in [-0.2, -0.15) is 9.78 Å². The Balaban J connectivity index is 2.37. The lowest BCUT2D eigenvalue weighted by Crippen LogP contribution is -2.03. The van der Waals surface area contributed by atoms with Gasteiger partial charge in [0, 0.05) is 12.0 Å². The Morgan fingerprint density at radius 2 is 2.13 bits per heavy atom. The Morgan fingerprint density at radius 3 is 2.78 bits per heavy atom. The molecular formula is C16H22N4O2S. The average molecular weight is 334 g/mol. The first-order valence-electron chi connectivity index (χ1n) is 7.57. The second kappa shape index (κ2) is 8.57. The van der Waals surface area contributed by atoms with E-state index in [0.29, 0.717) is 18.1 Å². The fourth-order valence-electron chi connectivity index (χ4n) is 2.03. The first-order chi connectivity index (χ1) is 11.2. The van der Waals surface area contributed by atoms with Crippen LogP contribution in [0.4, 0.5) is 0 Å². The van der Waals surface area contributed by atoms with E-state index in [-0.39, 0.29) is 0 Å². The molecule has 6 nitrogen and oxygen atoms in total. The number of para-hydroxylation sites is 1. The summed E-state index contributed by atoms with van der Waals surface area (Å²) in [7, 11) is 1.63. The molecule has 1 aromatic carbocycles. The van der Waals surface area contributed by atoms with Crippen LogP contribution in [0.2, 0.25) is 0 Å². The highest BCUT2D eigenvalue weighted by molar-refractivity contribution is 7.98. The maximum absolute atomic E-state index is 5.83. The Bertz CT molecular complexity index is 649. The van der Waals surface area contributed by atoms with Gasteiger partial charge in [0.05, 0.1) is 19.9 Å². The van der Waals surface area contributed by atoms with Crippen LogP contribution in [0, 0.1) is 0 Å². The zero-order valence-corrected chi connectivity index (χ0v) is 14.8. The standard InChI is InChI=1S/C16H22N4O2S/c1-5-10-22-15-12(8-7-9-13(15)21-3)11-17-20-14(6-2)18-19-16(20)23-4/h7-9,11H,5-6,10H2,1-4H3/b17-11-. The van der Waals surface area contributed by atoms with Gasteiger partial charge >= 0.3 is 0 Å². The topological polar surface area (TPSA) is 61.5 Å². The zero-order valence-electron chi connectivity index (χ0n) is 13.9. The molecule has 1 aromatic heterocycles. The van der Waals surface area contributed by atoms with Crippen LogP contribution < -0.4 is 9.47 Å². The van der Waals surface area contributed by atoms with Crippen LogP contribution in [0.1, 0.15) is 31.7 Å². The number of thioether (sulfide) groups is 1. The maximum atomic E-state index is 5.83. The highest BCUT2D eigenvalue weighted by atomic mass is 32.2. The number of benzene rings is 1. The quantitative estimate of drug-likeness (QED) is 0.548.